The molecule has 0 saturated carbocycles. The molecule has 1 fully saturated rings. The number of nitrogen functional groups attached to an aromatic ring is 2. The number of nitrogens with two attached hydrogens (primary N) is 2. The Hall–Kier alpha value is -3.02. The van der Waals surface area contributed by atoms with Gasteiger partial charge in [-0.1, -0.05) is 5.21 Å². The summed E-state index contributed by atoms with van der Waals surface area (Å²) < 4.78 is 12.5. The van der Waals surface area contributed by atoms with Gasteiger partial charge in [0.1, 0.15) is 6.61 Å². The Morgan fingerprint density at radius 3 is 2.92 bits per heavy atom. The van der Waals surface area contributed by atoms with E-state index >= 15 is 0 Å². The van der Waals surface area contributed by atoms with Crippen LogP contribution in [0.3, 0.4) is 0 Å². The van der Waals surface area contributed by atoms with Crippen LogP contribution in [0.1, 0.15) is 26.0 Å². The summed E-state index contributed by atoms with van der Waals surface area (Å²) >= 11 is 0. The smallest absolute Gasteiger partial charge is 0.302 e. The van der Waals surface area contributed by atoms with Crippen LogP contribution in [-0.4, -0.2) is 49.4 Å². The molecule has 24 heavy (non-hydrogen) atoms. The van der Waals surface area contributed by atoms with Crippen LogP contribution in [0.15, 0.2) is 4.79 Å². The zero-order chi connectivity index (χ0) is 17.4. The van der Waals surface area contributed by atoms with Crippen LogP contribution in [0.25, 0.3) is 11.0 Å². The van der Waals surface area contributed by atoms with Crippen molar-refractivity contribution in [2.24, 2.45) is 5.73 Å². The lowest BCUT2D eigenvalue weighted by Crippen LogP contribution is -2.32. The van der Waals surface area contributed by atoms with Crippen LogP contribution in [0.2, 0.25) is 0 Å². The monoisotopic (exact) mass is 336 g/mol. The highest BCUT2D eigenvalue weighted by Gasteiger charge is 2.30. The summed E-state index contributed by atoms with van der Waals surface area (Å²) in [6.07, 6.45) is 0.103. The molecule has 1 saturated heterocycles. The maximum atomic E-state index is 12.7. The van der Waals surface area contributed by atoms with Crippen LogP contribution >= 0.6 is 0 Å². The highest BCUT2D eigenvalue weighted by molar-refractivity contribution is 5.92. The van der Waals surface area contributed by atoms with Gasteiger partial charge in [0, 0.05) is 6.92 Å². The third-order valence-electron chi connectivity index (χ3n) is 3.60. The summed E-state index contributed by atoms with van der Waals surface area (Å²) in [5, 5.41) is 19.0. The fraction of sp³-hybridized carbons (Fsp3) is 0.500. The zero-order valence-corrected chi connectivity index (χ0v) is 12.8. The van der Waals surface area contributed by atoms with Crippen LogP contribution in [-0.2, 0) is 14.3 Å². The van der Waals surface area contributed by atoms with Crippen molar-refractivity contribution in [1.29, 1.82) is 5.41 Å². The molecule has 2 aromatic heterocycles. The van der Waals surface area contributed by atoms with E-state index in [1.165, 1.54) is 6.92 Å². The van der Waals surface area contributed by atoms with Crippen LogP contribution in [0.5, 0.6) is 0 Å². The van der Waals surface area contributed by atoms with E-state index in [-0.39, 0.29) is 29.6 Å². The lowest BCUT2D eigenvalue weighted by Gasteiger charge is -2.14. The number of aromatic nitrogens is 5. The predicted octanol–water partition coefficient (Wildman–Crippen LogP) is -1.45. The van der Waals surface area contributed by atoms with Crippen molar-refractivity contribution in [1.82, 2.24) is 24.8 Å². The van der Waals surface area contributed by atoms with E-state index < -0.39 is 23.7 Å². The van der Waals surface area contributed by atoms with Crippen LogP contribution in [0, 0.1) is 5.41 Å². The average molecular weight is 336 g/mol. The molecule has 0 radical (unpaired) electrons. The summed E-state index contributed by atoms with van der Waals surface area (Å²) in [6.45, 7) is 1.41. The molecule has 0 aliphatic carbocycles. The lowest BCUT2D eigenvalue weighted by atomic mass is 10.2. The molecule has 3 rings (SSSR count). The van der Waals surface area contributed by atoms with Gasteiger partial charge in [-0.3, -0.25) is 15.0 Å². The number of anilines is 1. The van der Waals surface area contributed by atoms with Gasteiger partial charge in [-0.15, -0.1) is 10.2 Å². The van der Waals surface area contributed by atoms with Crippen LogP contribution < -0.4 is 17.0 Å². The highest BCUT2D eigenvalue weighted by Crippen LogP contribution is 2.27. The second kappa shape index (κ2) is 5.88. The van der Waals surface area contributed by atoms with Gasteiger partial charge in [-0.2, -0.15) is 9.36 Å². The third-order valence-corrected chi connectivity index (χ3v) is 3.60. The quantitative estimate of drug-likeness (QED) is 0.343. The summed E-state index contributed by atoms with van der Waals surface area (Å²) in [4.78, 5) is 23.5. The van der Waals surface area contributed by atoms with Gasteiger partial charge in [0.15, 0.2) is 23.1 Å². The number of nitrogens with zero attached hydrogens (tertiary/aromatic N) is 5. The van der Waals surface area contributed by atoms with Crippen LogP contribution in [0.4, 0.5) is 5.82 Å². The molecule has 3 heterocycles. The summed E-state index contributed by atoms with van der Waals surface area (Å²) in [6, 6.07) is 0. The number of nitrogens with one attached hydrogen (secondary N) is 1. The zero-order valence-electron chi connectivity index (χ0n) is 12.8. The molecule has 1 aliphatic heterocycles. The first kappa shape index (κ1) is 15.9. The van der Waals surface area contributed by atoms with Gasteiger partial charge >= 0.3 is 5.97 Å². The molecule has 0 amide bonds. The van der Waals surface area contributed by atoms with Gasteiger partial charge in [0.2, 0.25) is 5.96 Å². The number of hydrogen-bond acceptors (Lipinski definition) is 9. The van der Waals surface area contributed by atoms with Gasteiger partial charge in [0.05, 0.1) is 6.10 Å². The molecule has 0 aromatic carbocycles. The first-order valence-electron chi connectivity index (χ1n) is 7.15. The number of carbonyl (C=O) groups is 1. The molecular weight excluding hydrogens is 320 g/mol. The van der Waals surface area contributed by atoms with Crippen molar-refractivity contribution in [3.63, 3.8) is 0 Å². The fourth-order valence-corrected chi connectivity index (χ4v) is 2.52. The van der Waals surface area contributed by atoms with Crippen molar-refractivity contribution < 1.29 is 14.3 Å². The number of carbonyl (C=O) groups excluding carboxylic acids is 1. The van der Waals surface area contributed by atoms with Crippen molar-refractivity contribution in [3.05, 3.63) is 10.4 Å². The largest absolute Gasteiger partial charge is 0.463 e. The maximum Gasteiger partial charge on any atom is 0.302 e. The molecule has 12 heteroatoms. The van der Waals surface area contributed by atoms with Gasteiger partial charge in [0.25, 0.3) is 5.56 Å². The molecule has 2 aromatic rings. The van der Waals surface area contributed by atoms with E-state index in [4.69, 9.17) is 26.4 Å². The first-order chi connectivity index (χ1) is 11.4. The van der Waals surface area contributed by atoms with E-state index in [2.05, 4.69) is 15.4 Å². The second-order valence-corrected chi connectivity index (χ2v) is 5.31. The molecule has 0 spiro atoms. The summed E-state index contributed by atoms with van der Waals surface area (Å²) in [5.74, 6) is -0.910. The topological polar surface area (TPSA) is 177 Å². The number of ether oxygens (including phenoxy) is 2. The molecule has 128 valence electrons. The Balaban J connectivity index is 1.93. The SMILES string of the molecule is CC(=O)OCC1CCC(n2nnc3c(N)nn(C(=N)N)c3c2=O)O1. The normalized spacial score (nSPS) is 20.4. The molecule has 1 aliphatic rings. The molecule has 2 atom stereocenters. The Bertz CT molecular complexity index is 872. The molecule has 2 unspecified atom stereocenters. The lowest BCUT2D eigenvalue weighted by molar-refractivity contribution is -0.145. The Labute approximate surface area is 134 Å². The van der Waals surface area contributed by atoms with Crippen molar-refractivity contribution in [3.8, 4) is 0 Å². The Morgan fingerprint density at radius 1 is 1.50 bits per heavy atom. The second-order valence-electron chi connectivity index (χ2n) is 5.31. The Morgan fingerprint density at radius 2 is 2.25 bits per heavy atom. The van der Waals surface area contributed by atoms with Gasteiger partial charge < -0.3 is 20.9 Å². The minimum absolute atomic E-state index is 0.0398. The summed E-state index contributed by atoms with van der Waals surface area (Å²) in [5.41, 5.74) is 10.5. The molecule has 5 N–H and O–H groups in total. The Kier molecular flexibility index (Phi) is 3.89. The number of fused-ring (bicyclic) bond motifs is 1. The molecule has 0 bridgehead atoms. The van der Waals surface area contributed by atoms with E-state index in [9.17, 15) is 9.59 Å². The van der Waals surface area contributed by atoms with E-state index in [0.717, 1.165) is 9.36 Å². The minimum Gasteiger partial charge on any atom is -0.463 e. The van der Waals surface area contributed by atoms with E-state index in [0.29, 0.717) is 12.8 Å². The minimum atomic E-state index is -0.661. The average Bonchev–Trinajstić information content (AvgIpc) is 3.11. The highest BCUT2D eigenvalue weighted by atomic mass is 16.6. The predicted molar refractivity (Wildman–Crippen MR) is 81.1 cm³/mol. The standard InChI is InChI=1S/C12H16N8O4/c1-5(21)23-4-6-2-3-7(24-6)19-11(22)9-8(16-18-19)10(13)17-20(9)12(14)15/h6-7H,2-4H2,1H3,(H2,13,17)(H3,14,15). The maximum absolute atomic E-state index is 12.7. The van der Waals surface area contributed by atoms with Crippen molar-refractivity contribution >= 4 is 28.8 Å². The molecular formula is C12H16N8O4. The molecule has 12 nitrogen and oxygen atoms in total. The first-order valence-corrected chi connectivity index (χ1v) is 7.15. The van der Waals surface area contributed by atoms with E-state index in [1.807, 2.05) is 0 Å². The number of esters is 1. The third kappa shape index (κ3) is 2.67. The van der Waals surface area contributed by atoms with Crippen molar-refractivity contribution in [2.75, 3.05) is 12.3 Å². The van der Waals surface area contributed by atoms with E-state index in [1.54, 1.807) is 0 Å². The fourth-order valence-electron chi connectivity index (χ4n) is 2.52. The number of rotatable bonds is 3. The van der Waals surface area contributed by atoms with Crippen molar-refractivity contribution in [2.45, 2.75) is 32.1 Å². The van der Waals surface area contributed by atoms with Gasteiger partial charge in [-0.05, 0) is 12.8 Å². The number of hydrogen-bond donors (Lipinski definition) is 3. The summed E-state index contributed by atoms with van der Waals surface area (Å²) in [7, 11) is 0. The van der Waals surface area contributed by atoms with Gasteiger partial charge in [-0.25, -0.2) is 0 Å².